The van der Waals surface area contributed by atoms with E-state index in [-0.39, 0.29) is 11.7 Å². The lowest BCUT2D eigenvalue weighted by Crippen LogP contribution is -2.44. The van der Waals surface area contributed by atoms with Gasteiger partial charge in [0.15, 0.2) is 0 Å². The molecular formula is C15H21FN2O. The van der Waals surface area contributed by atoms with Crippen LogP contribution in [0.1, 0.15) is 31.2 Å². The molecule has 1 aliphatic rings. The molecule has 104 valence electrons. The van der Waals surface area contributed by atoms with Gasteiger partial charge in [-0.05, 0) is 37.6 Å². The van der Waals surface area contributed by atoms with Crippen LogP contribution in [-0.4, -0.2) is 26.0 Å². The van der Waals surface area contributed by atoms with Gasteiger partial charge in [0.25, 0.3) is 0 Å². The predicted octanol–water partition coefficient (Wildman–Crippen LogP) is 1.97. The maximum absolute atomic E-state index is 13.4. The molecule has 1 saturated carbocycles. The molecule has 0 aromatic heterocycles. The second-order valence-electron chi connectivity index (χ2n) is 5.16. The van der Waals surface area contributed by atoms with Gasteiger partial charge >= 0.3 is 0 Å². The van der Waals surface area contributed by atoms with Crippen molar-refractivity contribution in [1.29, 1.82) is 0 Å². The molecule has 4 heteroatoms. The number of amides is 1. The minimum Gasteiger partial charge on any atom is -0.354 e. The number of nitrogens with one attached hydrogen (secondary N) is 2. The van der Waals surface area contributed by atoms with E-state index < -0.39 is 5.41 Å². The first-order chi connectivity index (χ1) is 9.19. The molecule has 0 radical (unpaired) electrons. The molecular weight excluding hydrogens is 243 g/mol. The van der Waals surface area contributed by atoms with Gasteiger partial charge in [0.1, 0.15) is 5.82 Å². The van der Waals surface area contributed by atoms with Crippen molar-refractivity contribution in [1.82, 2.24) is 10.6 Å². The third-order valence-corrected chi connectivity index (χ3v) is 3.93. The number of hydrogen-bond donors (Lipinski definition) is 2. The minimum atomic E-state index is -0.532. The third kappa shape index (κ3) is 2.95. The molecule has 1 amide bonds. The van der Waals surface area contributed by atoms with Crippen molar-refractivity contribution in [3.05, 3.63) is 35.6 Å². The highest BCUT2D eigenvalue weighted by Crippen LogP contribution is 2.41. The van der Waals surface area contributed by atoms with Crippen molar-refractivity contribution in [2.45, 2.75) is 31.1 Å². The van der Waals surface area contributed by atoms with Crippen molar-refractivity contribution in [2.24, 2.45) is 0 Å². The Morgan fingerprint density at radius 3 is 2.68 bits per heavy atom. The fraction of sp³-hybridized carbons (Fsp3) is 0.533. The van der Waals surface area contributed by atoms with E-state index in [1.165, 1.54) is 12.1 Å². The van der Waals surface area contributed by atoms with E-state index in [4.69, 9.17) is 0 Å². The van der Waals surface area contributed by atoms with Crippen LogP contribution >= 0.6 is 0 Å². The maximum atomic E-state index is 13.4. The standard InChI is InChI=1S/C15H21FN2O/c1-17-9-10-18-14(19)15(7-2-3-8-15)12-5-4-6-13(16)11-12/h4-6,11,17H,2-3,7-10H2,1H3,(H,18,19). The monoisotopic (exact) mass is 264 g/mol. The zero-order valence-corrected chi connectivity index (χ0v) is 11.3. The van der Waals surface area contributed by atoms with Gasteiger partial charge in [-0.15, -0.1) is 0 Å². The fourth-order valence-electron chi connectivity index (χ4n) is 2.88. The summed E-state index contributed by atoms with van der Waals surface area (Å²) in [4.78, 5) is 12.5. The van der Waals surface area contributed by atoms with E-state index in [0.29, 0.717) is 6.54 Å². The highest BCUT2D eigenvalue weighted by molar-refractivity contribution is 5.88. The van der Waals surface area contributed by atoms with E-state index in [1.807, 2.05) is 13.1 Å². The van der Waals surface area contributed by atoms with Crippen LogP contribution in [0.15, 0.2) is 24.3 Å². The van der Waals surface area contributed by atoms with Gasteiger partial charge in [-0.2, -0.15) is 0 Å². The highest BCUT2D eigenvalue weighted by atomic mass is 19.1. The van der Waals surface area contributed by atoms with Crippen LogP contribution in [-0.2, 0) is 10.2 Å². The number of carbonyl (C=O) groups is 1. The molecule has 0 unspecified atom stereocenters. The SMILES string of the molecule is CNCCNC(=O)C1(c2cccc(F)c2)CCCC1. The van der Waals surface area contributed by atoms with Crippen LogP contribution in [0.2, 0.25) is 0 Å². The summed E-state index contributed by atoms with van der Waals surface area (Å²) in [6.45, 7) is 1.34. The fourth-order valence-corrected chi connectivity index (χ4v) is 2.88. The maximum Gasteiger partial charge on any atom is 0.230 e. The molecule has 19 heavy (non-hydrogen) atoms. The molecule has 1 aliphatic carbocycles. The summed E-state index contributed by atoms with van der Waals surface area (Å²) >= 11 is 0. The molecule has 0 atom stereocenters. The van der Waals surface area contributed by atoms with Crippen LogP contribution in [0.4, 0.5) is 4.39 Å². The summed E-state index contributed by atoms with van der Waals surface area (Å²) in [7, 11) is 1.85. The average molecular weight is 264 g/mol. The minimum absolute atomic E-state index is 0.0332. The van der Waals surface area contributed by atoms with Crippen LogP contribution in [0.5, 0.6) is 0 Å². The molecule has 0 saturated heterocycles. The van der Waals surface area contributed by atoms with Crippen molar-refractivity contribution in [3.63, 3.8) is 0 Å². The predicted molar refractivity (Wildman–Crippen MR) is 73.5 cm³/mol. The Labute approximate surface area is 113 Å². The molecule has 3 nitrogen and oxygen atoms in total. The summed E-state index contributed by atoms with van der Waals surface area (Å²) in [6, 6.07) is 6.48. The van der Waals surface area contributed by atoms with Crippen molar-refractivity contribution in [2.75, 3.05) is 20.1 Å². The third-order valence-electron chi connectivity index (χ3n) is 3.93. The quantitative estimate of drug-likeness (QED) is 0.798. The van der Waals surface area contributed by atoms with Crippen LogP contribution in [0.3, 0.4) is 0 Å². The number of halogens is 1. The molecule has 0 aliphatic heterocycles. The van der Waals surface area contributed by atoms with Gasteiger partial charge in [0.2, 0.25) is 5.91 Å². The van der Waals surface area contributed by atoms with E-state index in [0.717, 1.165) is 37.8 Å². The summed E-state index contributed by atoms with van der Waals surface area (Å²) in [5, 5.41) is 5.96. The Morgan fingerprint density at radius 1 is 1.32 bits per heavy atom. The normalized spacial score (nSPS) is 17.4. The average Bonchev–Trinajstić information content (AvgIpc) is 2.89. The van der Waals surface area contributed by atoms with E-state index >= 15 is 0 Å². The lowest BCUT2D eigenvalue weighted by Gasteiger charge is -2.28. The Bertz CT molecular complexity index is 442. The molecule has 0 bridgehead atoms. The Hall–Kier alpha value is -1.42. The summed E-state index contributed by atoms with van der Waals surface area (Å²) < 4.78 is 13.4. The first kappa shape index (κ1) is 14.0. The Morgan fingerprint density at radius 2 is 2.05 bits per heavy atom. The van der Waals surface area contributed by atoms with Gasteiger partial charge in [-0.1, -0.05) is 25.0 Å². The van der Waals surface area contributed by atoms with Crippen LogP contribution < -0.4 is 10.6 Å². The summed E-state index contributed by atoms with van der Waals surface area (Å²) in [5.74, 6) is -0.238. The van der Waals surface area contributed by atoms with E-state index in [9.17, 15) is 9.18 Å². The second kappa shape index (κ2) is 6.15. The molecule has 2 N–H and O–H groups in total. The number of likely N-dealkylation sites (N-methyl/N-ethyl adjacent to an activating group) is 1. The van der Waals surface area contributed by atoms with Gasteiger partial charge in [0, 0.05) is 13.1 Å². The van der Waals surface area contributed by atoms with Gasteiger partial charge in [0.05, 0.1) is 5.41 Å². The van der Waals surface area contributed by atoms with Crippen LogP contribution in [0.25, 0.3) is 0 Å². The smallest absolute Gasteiger partial charge is 0.230 e. The molecule has 1 aromatic rings. The number of benzene rings is 1. The topological polar surface area (TPSA) is 41.1 Å². The second-order valence-corrected chi connectivity index (χ2v) is 5.16. The van der Waals surface area contributed by atoms with Crippen LogP contribution in [0, 0.1) is 5.82 Å². The van der Waals surface area contributed by atoms with Gasteiger partial charge in [-0.3, -0.25) is 4.79 Å². The summed E-state index contributed by atoms with van der Waals surface area (Å²) in [6.07, 6.45) is 3.66. The first-order valence-corrected chi connectivity index (χ1v) is 6.88. The molecule has 1 aromatic carbocycles. The van der Waals surface area contributed by atoms with Crippen molar-refractivity contribution >= 4 is 5.91 Å². The highest BCUT2D eigenvalue weighted by Gasteiger charge is 2.42. The summed E-state index contributed by atoms with van der Waals surface area (Å²) in [5.41, 5.74) is 0.280. The van der Waals surface area contributed by atoms with Crippen molar-refractivity contribution in [3.8, 4) is 0 Å². The first-order valence-electron chi connectivity index (χ1n) is 6.88. The molecule has 1 fully saturated rings. The van der Waals surface area contributed by atoms with Gasteiger partial charge < -0.3 is 10.6 Å². The van der Waals surface area contributed by atoms with Gasteiger partial charge in [-0.25, -0.2) is 4.39 Å². The Balaban J connectivity index is 2.20. The molecule has 2 rings (SSSR count). The number of hydrogen-bond acceptors (Lipinski definition) is 2. The lowest BCUT2D eigenvalue weighted by molar-refractivity contribution is -0.126. The largest absolute Gasteiger partial charge is 0.354 e. The molecule has 0 heterocycles. The Kier molecular flexibility index (Phi) is 4.53. The number of rotatable bonds is 5. The van der Waals surface area contributed by atoms with E-state index in [2.05, 4.69) is 10.6 Å². The van der Waals surface area contributed by atoms with Crippen molar-refractivity contribution < 1.29 is 9.18 Å². The van der Waals surface area contributed by atoms with E-state index in [1.54, 1.807) is 6.07 Å². The number of carbonyl (C=O) groups excluding carboxylic acids is 1. The lowest BCUT2D eigenvalue weighted by atomic mass is 9.78. The zero-order valence-electron chi connectivity index (χ0n) is 11.3. The zero-order chi connectivity index (χ0) is 13.7. The molecule has 0 spiro atoms.